The van der Waals surface area contributed by atoms with E-state index >= 15 is 0 Å². The van der Waals surface area contributed by atoms with Gasteiger partial charge in [-0.1, -0.05) is 0 Å². The van der Waals surface area contributed by atoms with Crippen LogP contribution in [-0.2, 0) is 9.47 Å². The number of nitrogen functional groups attached to an aromatic ring is 1. The summed E-state index contributed by atoms with van der Waals surface area (Å²) >= 11 is 0. The summed E-state index contributed by atoms with van der Waals surface area (Å²) in [5, 5.41) is 19.5. The van der Waals surface area contributed by atoms with E-state index in [0.29, 0.717) is 11.2 Å². The topological polar surface area (TPSA) is 129 Å². The Morgan fingerprint density at radius 2 is 2.25 bits per heavy atom. The monoisotopic (exact) mass is 281 g/mol. The number of nitrogens with two attached hydrogens (primary N) is 1. The lowest BCUT2D eigenvalue weighted by Gasteiger charge is -2.17. The molecule has 2 aromatic heterocycles. The molecule has 1 aliphatic rings. The second-order valence-electron chi connectivity index (χ2n) is 4.52. The molecule has 4 atom stereocenters. The lowest BCUT2D eigenvalue weighted by atomic mass is 10.1. The molecule has 3 heterocycles. The highest BCUT2D eigenvalue weighted by Gasteiger charge is 2.45. The largest absolute Gasteiger partial charge is 0.394 e. The van der Waals surface area contributed by atoms with E-state index in [4.69, 9.17) is 15.2 Å². The molecule has 1 saturated heterocycles. The van der Waals surface area contributed by atoms with E-state index in [0.717, 1.165) is 0 Å². The summed E-state index contributed by atoms with van der Waals surface area (Å²) in [6.45, 7) is -0.254. The number of methoxy groups -OCH3 is 1. The Morgan fingerprint density at radius 3 is 2.90 bits per heavy atom. The molecule has 0 radical (unpaired) electrons. The molecule has 108 valence electrons. The maximum Gasteiger partial charge on any atom is 0.167 e. The molecule has 4 N–H and O–H groups in total. The average molecular weight is 281 g/mol. The van der Waals surface area contributed by atoms with Crippen LogP contribution in [0.1, 0.15) is 6.23 Å². The third kappa shape index (κ3) is 1.83. The van der Waals surface area contributed by atoms with Gasteiger partial charge in [-0.25, -0.2) is 15.0 Å². The van der Waals surface area contributed by atoms with Crippen LogP contribution in [0.25, 0.3) is 11.2 Å². The normalized spacial score (nSPS) is 30.1. The van der Waals surface area contributed by atoms with Gasteiger partial charge in [0.25, 0.3) is 0 Å². The van der Waals surface area contributed by atoms with E-state index < -0.39 is 24.5 Å². The van der Waals surface area contributed by atoms with Crippen LogP contribution in [0, 0.1) is 0 Å². The minimum atomic E-state index is -0.953. The number of fused-ring (bicyclic) bond motifs is 1. The molecule has 0 aromatic carbocycles. The molecule has 0 spiro atoms. The minimum absolute atomic E-state index is 0.253. The highest BCUT2D eigenvalue weighted by molar-refractivity contribution is 5.81. The molecule has 1 fully saturated rings. The first-order valence-electron chi connectivity index (χ1n) is 6.07. The van der Waals surface area contributed by atoms with Crippen LogP contribution in [-0.4, -0.2) is 61.8 Å². The third-order valence-corrected chi connectivity index (χ3v) is 3.42. The van der Waals surface area contributed by atoms with Gasteiger partial charge in [0.15, 0.2) is 17.7 Å². The molecule has 0 amide bonds. The summed E-state index contributed by atoms with van der Waals surface area (Å²) in [4.78, 5) is 12.1. The predicted molar refractivity (Wildman–Crippen MR) is 67.5 cm³/mol. The highest BCUT2D eigenvalue weighted by Crippen LogP contribution is 2.32. The Labute approximate surface area is 114 Å². The van der Waals surface area contributed by atoms with Crippen molar-refractivity contribution >= 4 is 17.0 Å². The number of hydrogen-bond acceptors (Lipinski definition) is 8. The number of aliphatic hydroxyl groups is 2. The Morgan fingerprint density at radius 1 is 1.45 bits per heavy atom. The number of imidazole rings is 1. The molecule has 20 heavy (non-hydrogen) atoms. The van der Waals surface area contributed by atoms with Crippen LogP contribution < -0.4 is 5.73 Å². The zero-order valence-corrected chi connectivity index (χ0v) is 10.7. The molecule has 9 nitrogen and oxygen atoms in total. The fourth-order valence-electron chi connectivity index (χ4n) is 2.44. The van der Waals surface area contributed by atoms with Crippen molar-refractivity contribution < 1.29 is 19.7 Å². The number of rotatable bonds is 3. The quantitative estimate of drug-likeness (QED) is 0.631. The Hall–Kier alpha value is -1.81. The minimum Gasteiger partial charge on any atom is -0.394 e. The van der Waals surface area contributed by atoms with Crippen molar-refractivity contribution in [3.63, 3.8) is 0 Å². The molecule has 9 heteroatoms. The highest BCUT2D eigenvalue weighted by atomic mass is 16.6. The van der Waals surface area contributed by atoms with Crippen LogP contribution in [0.3, 0.4) is 0 Å². The zero-order chi connectivity index (χ0) is 14.3. The molecule has 0 aliphatic carbocycles. The van der Waals surface area contributed by atoms with Gasteiger partial charge >= 0.3 is 0 Å². The van der Waals surface area contributed by atoms with Gasteiger partial charge in [-0.05, 0) is 0 Å². The van der Waals surface area contributed by atoms with E-state index in [-0.39, 0.29) is 12.4 Å². The summed E-state index contributed by atoms with van der Waals surface area (Å²) < 4.78 is 12.3. The zero-order valence-electron chi connectivity index (χ0n) is 10.7. The molecule has 1 aliphatic heterocycles. The molecule has 0 unspecified atom stereocenters. The van der Waals surface area contributed by atoms with Crippen molar-refractivity contribution in [2.75, 3.05) is 19.5 Å². The number of anilines is 1. The van der Waals surface area contributed by atoms with Crippen LogP contribution in [0.2, 0.25) is 0 Å². The first kappa shape index (κ1) is 13.2. The summed E-state index contributed by atoms with van der Waals surface area (Å²) in [6, 6.07) is 0. The van der Waals surface area contributed by atoms with E-state index in [1.165, 1.54) is 19.8 Å². The first-order valence-corrected chi connectivity index (χ1v) is 6.07. The molecule has 3 rings (SSSR count). The SMILES string of the molecule is CO[C@H]1[C@@H](O)[C@@H](n2cnc3c(N)ncnc32)O[C@H]1CO. The lowest BCUT2D eigenvalue weighted by Crippen LogP contribution is -2.35. The van der Waals surface area contributed by atoms with Crippen molar-refractivity contribution in [1.29, 1.82) is 0 Å². The van der Waals surface area contributed by atoms with Gasteiger partial charge in [0.2, 0.25) is 0 Å². The van der Waals surface area contributed by atoms with Crippen molar-refractivity contribution in [3.05, 3.63) is 12.7 Å². The number of nitrogens with zero attached hydrogens (tertiary/aromatic N) is 4. The van der Waals surface area contributed by atoms with E-state index in [1.807, 2.05) is 0 Å². The number of hydrogen-bond donors (Lipinski definition) is 3. The van der Waals surface area contributed by atoms with Gasteiger partial charge in [-0.15, -0.1) is 0 Å². The second-order valence-corrected chi connectivity index (χ2v) is 4.52. The van der Waals surface area contributed by atoms with Gasteiger partial charge in [0.05, 0.1) is 12.9 Å². The molecule has 0 bridgehead atoms. The molecule has 2 aromatic rings. The van der Waals surface area contributed by atoms with Gasteiger partial charge in [-0.2, -0.15) is 0 Å². The number of aliphatic hydroxyl groups excluding tert-OH is 2. The third-order valence-electron chi connectivity index (χ3n) is 3.42. The maximum atomic E-state index is 10.3. The van der Waals surface area contributed by atoms with Gasteiger partial charge in [0, 0.05) is 7.11 Å². The maximum absolute atomic E-state index is 10.3. The summed E-state index contributed by atoms with van der Waals surface area (Å²) in [7, 11) is 1.45. The van der Waals surface area contributed by atoms with Gasteiger partial charge < -0.3 is 25.4 Å². The smallest absolute Gasteiger partial charge is 0.167 e. The van der Waals surface area contributed by atoms with Crippen LogP contribution in [0.4, 0.5) is 5.82 Å². The van der Waals surface area contributed by atoms with Crippen LogP contribution >= 0.6 is 0 Å². The van der Waals surface area contributed by atoms with Crippen LogP contribution in [0.15, 0.2) is 12.7 Å². The average Bonchev–Trinajstić information content (AvgIpc) is 3.00. The number of aromatic nitrogens is 4. The fourth-order valence-corrected chi connectivity index (χ4v) is 2.44. The predicted octanol–water partition coefficient (Wildman–Crippen LogP) is -1.33. The molecular weight excluding hydrogens is 266 g/mol. The Balaban J connectivity index is 2.01. The van der Waals surface area contributed by atoms with Crippen molar-refractivity contribution in [3.8, 4) is 0 Å². The second kappa shape index (κ2) is 4.94. The Kier molecular flexibility index (Phi) is 3.26. The summed E-state index contributed by atoms with van der Waals surface area (Å²) in [6.07, 6.45) is -0.162. The van der Waals surface area contributed by atoms with Crippen molar-refractivity contribution in [2.24, 2.45) is 0 Å². The van der Waals surface area contributed by atoms with E-state index in [9.17, 15) is 10.2 Å². The summed E-state index contributed by atoms with van der Waals surface area (Å²) in [5.74, 6) is 0.253. The van der Waals surface area contributed by atoms with E-state index in [1.54, 1.807) is 4.57 Å². The van der Waals surface area contributed by atoms with Crippen molar-refractivity contribution in [1.82, 2.24) is 19.5 Å². The first-order chi connectivity index (χ1) is 9.67. The Bertz CT molecular complexity index is 618. The van der Waals surface area contributed by atoms with Gasteiger partial charge in [-0.3, -0.25) is 4.57 Å². The molecule has 0 saturated carbocycles. The number of ether oxygens (including phenoxy) is 2. The van der Waals surface area contributed by atoms with Gasteiger partial charge in [0.1, 0.15) is 30.2 Å². The molecular formula is C11H15N5O4. The lowest BCUT2D eigenvalue weighted by molar-refractivity contribution is -0.0535. The standard InChI is InChI=1S/C11H15N5O4/c1-19-8-5(2-17)20-11(7(8)18)16-4-15-6-9(12)13-3-14-10(6)16/h3-5,7-8,11,17-18H,2H2,1H3,(H2,12,13,14)/t5-,7+,8+,11-/m0/s1. The van der Waals surface area contributed by atoms with Crippen LogP contribution in [0.5, 0.6) is 0 Å². The van der Waals surface area contributed by atoms with E-state index in [2.05, 4.69) is 15.0 Å². The van der Waals surface area contributed by atoms with Crippen molar-refractivity contribution in [2.45, 2.75) is 24.5 Å². The summed E-state index contributed by atoms with van der Waals surface area (Å²) in [5.41, 5.74) is 6.60. The fraction of sp³-hybridized carbons (Fsp3) is 0.545.